The zero-order valence-electron chi connectivity index (χ0n) is 13.8. The maximum Gasteiger partial charge on any atom is 0.345 e. The van der Waals surface area contributed by atoms with E-state index in [4.69, 9.17) is 4.74 Å². The summed E-state index contributed by atoms with van der Waals surface area (Å²) in [6, 6.07) is 9.08. The van der Waals surface area contributed by atoms with Crippen LogP contribution in [0.1, 0.15) is 19.8 Å². The molecule has 1 saturated heterocycles. The largest absolute Gasteiger partial charge is 0.479 e. The van der Waals surface area contributed by atoms with Gasteiger partial charge in [-0.2, -0.15) is 0 Å². The summed E-state index contributed by atoms with van der Waals surface area (Å²) in [6.07, 6.45) is 1.29. The molecule has 2 rings (SSSR count). The summed E-state index contributed by atoms with van der Waals surface area (Å²) in [5, 5.41) is 12.1. The summed E-state index contributed by atoms with van der Waals surface area (Å²) >= 11 is 0. The average molecular weight is 334 g/mol. The molecule has 7 nitrogen and oxygen atoms in total. The number of nitrogens with one attached hydrogen (secondary N) is 1. The summed E-state index contributed by atoms with van der Waals surface area (Å²) < 4.78 is 4.91. The van der Waals surface area contributed by atoms with E-state index in [0.717, 1.165) is 0 Å². The van der Waals surface area contributed by atoms with E-state index in [1.807, 2.05) is 18.2 Å². The Kier molecular flexibility index (Phi) is 5.56. The predicted molar refractivity (Wildman–Crippen MR) is 87.4 cm³/mol. The Bertz CT molecular complexity index is 619. The summed E-state index contributed by atoms with van der Waals surface area (Å²) in [5.41, 5.74) is -1.24. The number of amides is 2. The number of aliphatic carboxylic acids is 1. The second kappa shape index (κ2) is 7.44. The summed E-state index contributed by atoms with van der Waals surface area (Å²) in [6.45, 7) is 1.83. The van der Waals surface area contributed by atoms with E-state index in [1.54, 1.807) is 12.1 Å². The molecule has 1 aromatic carbocycles. The standard InChI is InChI=1S/C17H22N2O5/c1-17(24-2,16(22)23)15(21)19-10-6-7-12(11-19)14(20)18-13-8-4-3-5-9-13/h3-5,8-9,12H,6-7,10-11H2,1-2H3,(H,18,20)(H,22,23). The lowest BCUT2D eigenvalue weighted by Gasteiger charge is -2.36. The fraction of sp³-hybridized carbons (Fsp3) is 0.471. The van der Waals surface area contributed by atoms with Crippen LogP contribution in [0.3, 0.4) is 0 Å². The molecule has 0 aliphatic carbocycles. The first-order valence-corrected chi connectivity index (χ1v) is 7.82. The van der Waals surface area contributed by atoms with Crippen LogP contribution in [0.4, 0.5) is 5.69 Å². The van der Waals surface area contributed by atoms with Gasteiger partial charge in [-0.15, -0.1) is 0 Å². The molecule has 0 spiro atoms. The number of anilines is 1. The molecule has 1 fully saturated rings. The van der Waals surface area contributed by atoms with Gasteiger partial charge in [0.25, 0.3) is 5.91 Å². The lowest BCUT2D eigenvalue weighted by molar-refractivity contribution is -0.174. The van der Waals surface area contributed by atoms with E-state index in [2.05, 4.69) is 5.32 Å². The molecule has 7 heteroatoms. The van der Waals surface area contributed by atoms with Crippen molar-refractivity contribution in [3.8, 4) is 0 Å². The van der Waals surface area contributed by atoms with Gasteiger partial charge < -0.3 is 20.1 Å². The van der Waals surface area contributed by atoms with Gasteiger partial charge >= 0.3 is 5.97 Å². The minimum absolute atomic E-state index is 0.173. The SMILES string of the molecule is COC(C)(C(=O)O)C(=O)N1CCCC(C(=O)Nc2ccccc2)C1. The zero-order valence-corrected chi connectivity index (χ0v) is 13.8. The van der Waals surface area contributed by atoms with Gasteiger partial charge in [0.15, 0.2) is 0 Å². The highest BCUT2D eigenvalue weighted by molar-refractivity contribution is 6.05. The van der Waals surface area contributed by atoms with Crippen molar-refractivity contribution in [1.29, 1.82) is 0 Å². The number of carbonyl (C=O) groups excluding carboxylic acids is 2. The first kappa shape index (κ1) is 17.9. The zero-order chi connectivity index (χ0) is 17.7. The Labute approximate surface area is 140 Å². The van der Waals surface area contributed by atoms with Crippen molar-refractivity contribution in [3.63, 3.8) is 0 Å². The molecule has 1 aromatic rings. The van der Waals surface area contributed by atoms with Crippen LogP contribution in [0.5, 0.6) is 0 Å². The molecule has 24 heavy (non-hydrogen) atoms. The number of carboxylic acids is 1. The predicted octanol–water partition coefficient (Wildman–Crippen LogP) is 1.35. The molecule has 0 saturated carbocycles. The number of methoxy groups -OCH3 is 1. The number of benzene rings is 1. The van der Waals surface area contributed by atoms with Gasteiger partial charge in [-0.05, 0) is 31.9 Å². The second-order valence-corrected chi connectivity index (χ2v) is 5.99. The summed E-state index contributed by atoms with van der Waals surface area (Å²) in [4.78, 5) is 37.6. The van der Waals surface area contributed by atoms with Crippen molar-refractivity contribution in [3.05, 3.63) is 30.3 Å². The third-order valence-corrected chi connectivity index (χ3v) is 4.35. The first-order chi connectivity index (χ1) is 11.4. The Hall–Kier alpha value is -2.41. The molecular formula is C17H22N2O5. The number of ether oxygens (including phenoxy) is 1. The van der Waals surface area contributed by atoms with Crippen molar-refractivity contribution in [2.75, 3.05) is 25.5 Å². The molecule has 2 unspecified atom stereocenters. The van der Waals surface area contributed by atoms with Crippen molar-refractivity contribution in [1.82, 2.24) is 4.90 Å². The lowest BCUT2D eigenvalue weighted by atomic mass is 9.94. The van der Waals surface area contributed by atoms with Crippen molar-refractivity contribution in [2.45, 2.75) is 25.4 Å². The van der Waals surface area contributed by atoms with Crippen LogP contribution in [0.2, 0.25) is 0 Å². The second-order valence-electron chi connectivity index (χ2n) is 5.99. The third-order valence-electron chi connectivity index (χ3n) is 4.35. The maximum atomic E-state index is 12.5. The van der Waals surface area contributed by atoms with E-state index < -0.39 is 17.5 Å². The van der Waals surface area contributed by atoms with Gasteiger partial charge in [0.2, 0.25) is 11.5 Å². The van der Waals surface area contributed by atoms with Crippen molar-refractivity contribution < 1.29 is 24.2 Å². The van der Waals surface area contributed by atoms with Gasteiger partial charge in [0.1, 0.15) is 0 Å². The molecule has 1 aliphatic heterocycles. The molecule has 130 valence electrons. The van der Waals surface area contributed by atoms with Gasteiger partial charge in [-0.25, -0.2) is 4.79 Å². The minimum atomic E-state index is -1.93. The summed E-state index contributed by atoms with van der Waals surface area (Å²) in [7, 11) is 1.19. The number of piperidine rings is 1. The van der Waals surface area contributed by atoms with Crippen LogP contribution in [0.25, 0.3) is 0 Å². The third kappa shape index (κ3) is 3.73. The first-order valence-electron chi connectivity index (χ1n) is 7.82. The van der Waals surface area contributed by atoms with E-state index in [-0.39, 0.29) is 18.4 Å². The number of rotatable bonds is 5. The number of para-hydroxylation sites is 1. The highest BCUT2D eigenvalue weighted by Crippen LogP contribution is 2.23. The molecule has 0 radical (unpaired) electrons. The molecule has 2 atom stereocenters. The van der Waals surface area contributed by atoms with Crippen LogP contribution in [0.15, 0.2) is 30.3 Å². The lowest BCUT2D eigenvalue weighted by Crippen LogP contribution is -2.56. The van der Waals surface area contributed by atoms with Gasteiger partial charge in [-0.3, -0.25) is 9.59 Å². The van der Waals surface area contributed by atoms with Crippen LogP contribution in [-0.2, 0) is 19.1 Å². The number of hydrogen-bond donors (Lipinski definition) is 2. The Balaban J connectivity index is 2.04. The van der Waals surface area contributed by atoms with E-state index in [1.165, 1.54) is 18.9 Å². The normalized spacial score (nSPS) is 20.1. The fourth-order valence-corrected chi connectivity index (χ4v) is 2.71. The molecule has 2 amide bonds. The Morgan fingerprint density at radius 2 is 1.96 bits per heavy atom. The van der Waals surface area contributed by atoms with E-state index in [0.29, 0.717) is 25.1 Å². The molecule has 1 heterocycles. The quantitative estimate of drug-likeness (QED) is 0.793. The van der Waals surface area contributed by atoms with Crippen molar-refractivity contribution >= 4 is 23.5 Å². The Morgan fingerprint density at radius 1 is 1.29 bits per heavy atom. The molecular weight excluding hydrogens is 312 g/mol. The van der Waals surface area contributed by atoms with Gasteiger partial charge in [-0.1, -0.05) is 18.2 Å². The van der Waals surface area contributed by atoms with E-state index in [9.17, 15) is 19.5 Å². The highest BCUT2D eigenvalue weighted by Gasteiger charge is 2.45. The summed E-state index contributed by atoms with van der Waals surface area (Å²) in [5.74, 6) is -2.52. The van der Waals surface area contributed by atoms with Crippen LogP contribution in [0, 0.1) is 5.92 Å². The number of carbonyl (C=O) groups is 3. The molecule has 0 aromatic heterocycles. The highest BCUT2D eigenvalue weighted by atomic mass is 16.5. The van der Waals surface area contributed by atoms with Gasteiger partial charge in [0.05, 0.1) is 5.92 Å². The molecule has 1 aliphatic rings. The van der Waals surface area contributed by atoms with Crippen LogP contribution in [-0.4, -0.2) is 53.6 Å². The Morgan fingerprint density at radius 3 is 2.54 bits per heavy atom. The smallest absolute Gasteiger partial charge is 0.345 e. The van der Waals surface area contributed by atoms with Crippen LogP contribution < -0.4 is 5.32 Å². The van der Waals surface area contributed by atoms with Gasteiger partial charge in [0, 0.05) is 25.9 Å². The maximum absolute atomic E-state index is 12.5. The molecule has 0 bridgehead atoms. The number of hydrogen-bond acceptors (Lipinski definition) is 4. The minimum Gasteiger partial charge on any atom is -0.479 e. The fourth-order valence-electron chi connectivity index (χ4n) is 2.71. The number of likely N-dealkylation sites (tertiary alicyclic amines) is 1. The molecule has 2 N–H and O–H groups in total. The monoisotopic (exact) mass is 334 g/mol. The number of nitrogens with zero attached hydrogens (tertiary/aromatic N) is 1. The van der Waals surface area contributed by atoms with Crippen molar-refractivity contribution in [2.24, 2.45) is 5.92 Å². The van der Waals surface area contributed by atoms with E-state index >= 15 is 0 Å². The average Bonchev–Trinajstić information content (AvgIpc) is 2.61. The topological polar surface area (TPSA) is 95.9 Å². The number of carboxylic acid groups (broad SMARTS) is 1. The van der Waals surface area contributed by atoms with Crippen LogP contribution >= 0.6 is 0 Å².